The molecule has 4 nitrogen and oxygen atoms in total. The van der Waals surface area contributed by atoms with Crippen molar-refractivity contribution in [3.05, 3.63) is 34.9 Å². The Balaban J connectivity index is 2.05. The van der Waals surface area contributed by atoms with Crippen LogP contribution >= 0.6 is 0 Å². The smallest absolute Gasteiger partial charge is 0.320 e. The minimum absolute atomic E-state index is 0.260. The van der Waals surface area contributed by atoms with Crippen molar-refractivity contribution in [2.75, 3.05) is 6.61 Å². The lowest BCUT2D eigenvalue weighted by atomic mass is 9.76. The van der Waals surface area contributed by atoms with E-state index in [0.717, 1.165) is 31.2 Å². The monoisotopic (exact) mass is 291 g/mol. The molecule has 0 heterocycles. The number of carboxylic acids is 1. The van der Waals surface area contributed by atoms with Crippen LogP contribution in [0.1, 0.15) is 36.5 Å². The second-order valence-electron chi connectivity index (χ2n) is 6.24. The standard InChI is InChI=1S/C17H25NO3/c1-11(6-7-19)13-4-5-14-8-12(2-3-15(14)10-13)9-16(18)17(20)21/h2-3,8,11,13,16,19H,4-7,9-10,18H2,1H3,(H,20,21). The average molecular weight is 291 g/mol. The number of aliphatic hydroxyl groups is 1. The van der Waals surface area contributed by atoms with Crippen LogP contribution in [-0.2, 0) is 24.1 Å². The molecule has 1 aliphatic rings. The SMILES string of the molecule is CC(CCO)C1CCc2cc(CC(N)C(=O)O)ccc2C1. The van der Waals surface area contributed by atoms with E-state index >= 15 is 0 Å². The lowest BCUT2D eigenvalue weighted by Gasteiger charge is -2.29. The molecule has 0 amide bonds. The maximum Gasteiger partial charge on any atom is 0.320 e. The van der Waals surface area contributed by atoms with Crippen molar-refractivity contribution < 1.29 is 15.0 Å². The lowest BCUT2D eigenvalue weighted by Crippen LogP contribution is -2.32. The van der Waals surface area contributed by atoms with Crippen LogP contribution in [0, 0.1) is 11.8 Å². The van der Waals surface area contributed by atoms with E-state index in [2.05, 4.69) is 19.1 Å². The number of hydrogen-bond donors (Lipinski definition) is 3. The predicted molar refractivity (Wildman–Crippen MR) is 82.1 cm³/mol. The molecule has 2 rings (SSSR count). The predicted octanol–water partition coefficient (Wildman–Crippen LogP) is 1.76. The van der Waals surface area contributed by atoms with Crippen molar-refractivity contribution in [3.8, 4) is 0 Å². The number of hydrogen-bond acceptors (Lipinski definition) is 3. The van der Waals surface area contributed by atoms with Crippen LogP contribution in [0.3, 0.4) is 0 Å². The Labute approximate surface area is 126 Å². The first-order valence-electron chi connectivity index (χ1n) is 7.71. The molecule has 21 heavy (non-hydrogen) atoms. The number of carboxylic acid groups (broad SMARTS) is 1. The fourth-order valence-electron chi connectivity index (χ4n) is 3.23. The van der Waals surface area contributed by atoms with Crippen molar-refractivity contribution in [1.82, 2.24) is 0 Å². The van der Waals surface area contributed by atoms with E-state index in [0.29, 0.717) is 18.3 Å². The Morgan fingerprint density at radius 1 is 1.43 bits per heavy atom. The molecule has 0 saturated carbocycles. The summed E-state index contributed by atoms with van der Waals surface area (Å²) in [6, 6.07) is 5.41. The topological polar surface area (TPSA) is 83.5 Å². The molecule has 3 atom stereocenters. The van der Waals surface area contributed by atoms with Gasteiger partial charge in [0.25, 0.3) is 0 Å². The third kappa shape index (κ3) is 4.05. The number of rotatable bonds is 6. The molecular weight excluding hydrogens is 266 g/mol. The summed E-state index contributed by atoms with van der Waals surface area (Å²) in [5.41, 5.74) is 9.30. The van der Waals surface area contributed by atoms with Gasteiger partial charge in [-0.15, -0.1) is 0 Å². The maximum absolute atomic E-state index is 10.8. The van der Waals surface area contributed by atoms with Crippen molar-refractivity contribution in [2.45, 2.75) is 45.1 Å². The first kappa shape index (κ1) is 16.0. The molecule has 4 heteroatoms. The van der Waals surface area contributed by atoms with Gasteiger partial charge in [0.15, 0.2) is 0 Å². The highest BCUT2D eigenvalue weighted by Gasteiger charge is 2.23. The maximum atomic E-state index is 10.8. The first-order valence-corrected chi connectivity index (χ1v) is 7.71. The second kappa shape index (κ2) is 7.05. The third-order valence-corrected chi connectivity index (χ3v) is 4.70. The number of fused-ring (bicyclic) bond motifs is 1. The quantitative estimate of drug-likeness (QED) is 0.746. The van der Waals surface area contributed by atoms with Gasteiger partial charge in [0.2, 0.25) is 0 Å². The fraction of sp³-hybridized carbons (Fsp3) is 0.588. The Kier molecular flexibility index (Phi) is 5.37. The highest BCUT2D eigenvalue weighted by Crippen LogP contribution is 2.32. The van der Waals surface area contributed by atoms with Crippen molar-refractivity contribution in [3.63, 3.8) is 0 Å². The summed E-state index contributed by atoms with van der Waals surface area (Å²) in [7, 11) is 0. The molecule has 1 aromatic rings. The zero-order valence-electron chi connectivity index (χ0n) is 12.6. The van der Waals surface area contributed by atoms with Gasteiger partial charge < -0.3 is 15.9 Å². The molecule has 0 aromatic heterocycles. The second-order valence-corrected chi connectivity index (χ2v) is 6.24. The van der Waals surface area contributed by atoms with Gasteiger partial charge >= 0.3 is 5.97 Å². The van der Waals surface area contributed by atoms with E-state index in [4.69, 9.17) is 15.9 Å². The minimum atomic E-state index is -0.953. The summed E-state index contributed by atoms with van der Waals surface area (Å²) in [5.74, 6) is 0.227. The number of benzene rings is 1. The van der Waals surface area contributed by atoms with Gasteiger partial charge in [0.1, 0.15) is 6.04 Å². The Bertz CT molecular complexity index is 501. The van der Waals surface area contributed by atoms with E-state index in [9.17, 15) is 4.79 Å². The van der Waals surface area contributed by atoms with Crippen molar-refractivity contribution in [2.24, 2.45) is 17.6 Å². The number of aliphatic hydroxyl groups excluding tert-OH is 1. The summed E-state index contributed by atoms with van der Waals surface area (Å²) < 4.78 is 0. The van der Waals surface area contributed by atoms with Crippen LogP contribution < -0.4 is 5.73 Å². The summed E-state index contributed by atoms with van der Waals surface area (Å²) in [4.78, 5) is 10.8. The molecule has 0 fully saturated rings. The van der Waals surface area contributed by atoms with Gasteiger partial charge in [-0.25, -0.2) is 0 Å². The van der Waals surface area contributed by atoms with Gasteiger partial charge in [-0.2, -0.15) is 0 Å². The zero-order chi connectivity index (χ0) is 15.4. The highest BCUT2D eigenvalue weighted by molar-refractivity contribution is 5.73. The average Bonchev–Trinajstić information content (AvgIpc) is 2.46. The first-order chi connectivity index (χ1) is 10.0. The number of nitrogens with two attached hydrogens (primary N) is 1. The van der Waals surface area contributed by atoms with Crippen LogP contribution in [0.25, 0.3) is 0 Å². The van der Waals surface area contributed by atoms with Gasteiger partial charge in [-0.05, 0) is 60.6 Å². The molecule has 0 bridgehead atoms. The van der Waals surface area contributed by atoms with Crippen LogP contribution in [0.15, 0.2) is 18.2 Å². The van der Waals surface area contributed by atoms with E-state index in [-0.39, 0.29) is 6.61 Å². The van der Waals surface area contributed by atoms with Crippen LogP contribution in [-0.4, -0.2) is 28.8 Å². The molecule has 0 saturated heterocycles. The molecule has 3 unspecified atom stereocenters. The van der Waals surface area contributed by atoms with Gasteiger partial charge in [0, 0.05) is 6.61 Å². The lowest BCUT2D eigenvalue weighted by molar-refractivity contribution is -0.138. The molecule has 1 aromatic carbocycles. The van der Waals surface area contributed by atoms with E-state index < -0.39 is 12.0 Å². The molecule has 4 N–H and O–H groups in total. The van der Waals surface area contributed by atoms with E-state index in [1.165, 1.54) is 11.1 Å². The molecular formula is C17H25NO3. The van der Waals surface area contributed by atoms with Crippen LogP contribution in [0.5, 0.6) is 0 Å². The number of carbonyl (C=O) groups is 1. The summed E-state index contributed by atoms with van der Waals surface area (Å²) in [6.07, 6.45) is 4.48. The van der Waals surface area contributed by atoms with Crippen LogP contribution in [0.4, 0.5) is 0 Å². The summed E-state index contributed by atoms with van der Waals surface area (Å²) >= 11 is 0. The minimum Gasteiger partial charge on any atom is -0.480 e. The normalized spacial score (nSPS) is 20.6. The third-order valence-electron chi connectivity index (χ3n) is 4.70. The summed E-state index contributed by atoms with van der Waals surface area (Å²) in [6.45, 7) is 2.47. The van der Waals surface area contributed by atoms with Gasteiger partial charge in [0.05, 0.1) is 0 Å². The van der Waals surface area contributed by atoms with Gasteiger partial charge in [-0.1, -0.05) is 25.1 Å². The fourth-order valence-corrected chi connectivity index (χ4v) is 3.23. The van der Waals surface area contributed by atoms with Crippen LogP contribution in [0.2, 0.25) is 0 Å². The number of aliphatic carboxylic acids is 1. The largest absolute Gasteiger partial charge is 0.480 e. The van der Waals surface area contributed by atoms with E-state index in [1.807, 2.05) is 6.07 Å². The highest BCUT2D eigenvalue weighted by atomic mass is 16.4. The molecule has 0 radical (unpaired) electrons. The Hall–Kier alpha value is -1.39. The van der Waals surface area contributed by atoms with Crippen molar-refractivity contribution in [1.29, 1.82) is 0 Å². The number of aryl methyl sites for hydroxylation is 1. The molecule has 0 aliphatic heterocycles. The Morgan fingerprint density at radius 3 is 2.86 bits per heavy atom. The molecule has 1 aliphatic carbocycles. The van der Waals surface area contributed by atoms with Crippen molar-refractivity contribution >= 4 is 5.97 Å². The Morgan fingerprint density at radius 2 is 2.19 bits per heavy atom. The molecule has 0 spiro atoms. The van der Waals surface area contributed by atoms with Gasteiger partial charge in [-0.3, -0.25) is 4.79 Å². The zero-order valence-corrected chi connectivity index (χ0v) is 12.6. The summed E-state index contributed by atoms with van der Waals surface area (Å²) in [5, 5.41) is 18.0. The van der Waals surface area contributed by atoms with E-state index in [1.54, 1.807) is 0 Å². The molecule has 116 valence electrons.